The fourth-order valence-corrected chi connectivity index (χ4v) is 19.0. The maximum atomic E-state index is 12.8. The first-order valence-corrected chi connectivity index (χ1v) is 45.5. The zero-order valence-corrected chi connectivity index (χ0v) is 75.2. The molecule has 3 aliphatic heterocycles. The Morgan fingerprint density at radius 1 is 0.292 bits per heavy atom. The number of aromatic amines is 4. The molecule has 16 aromatic carbocycles. The number of rotatable bonds is 11. The van der Waals surface area contributed by atoms with Gasteiger partial charge in [0.05, 0.1) is 39.4 Å². The normalized spacial score (nSPS) is 12.0. The summed E-state index contributed by atoms with van der Waals surface area (Å²) in [4.78, 5) is 58.9. The molecule has 12 heteroatoms. The number of allylic oxidation sites excluding steroid dienone is 5. The number of benzene rings is 16. The third-order valence-corrected chi connectivity index (χ3v) is 25.2. The van der Waals surface area contributed by atoms with Crippen LogP contribution in [0, 0.1) is 13.1 Å². The molecule has 24 rings (SSSR count). The second-order valence-corrected chi connectivity index (χ2v) is 33.9. The summed E-state index contributed by atoms with van der Waals surface area (Å²) >= 11 is 0. The van der Waals surface area contributed by atoms with E-state index in [1.807, 2.05) is 116 Å². The van der Waals surface area contributed by atoms with Crippen LogP contribution in [0.1, 0.15) is 35.3 Å². The number of nitrogens with zero attached hydrogens (tertiary/aromatic N) is 5. The van der Waals surface area contributed by atoms with E-state index >= 15 is 0 Å². The van der Waals surface area contributed by atoms with Crippen molar-refractivity contribution in [1.82, 2.24) is 29.9 Å². The van der Waals surface area contributed by atoms with Gasteiger partial charge in [-0.25, -0.2) is 9.97 Å². The second-order valence-electron chi connectivity index (χ2n) is 33.9. The van der Waals surface area contributed by atoms with Gasteiger partial charge in [0.15, 0.2) is 10.9 Å². The highest BCUT2D eigenvalue weighted by Crippen LogP contribution is 2.54. The SMILES string of the molecule is C1=Cc2nc1c(-c1ccccc1)c1ccc([nH]1)c(-c1ccccc1)c1nc(c(-c3ccccc3)c3ccc([nH]3)c2-c2ccccc2)C=C1.O=c1c2ccccc2[nH]c2cc3c(=O)c4ccccc4[nH]c3cc12.[C-]#[N+]C([N+]#[C-])=C1C=C(C)OC(C=Cc2ccc(N(C)C)cc2)=C1.c1ccc(-c2c3ccccc3c(-c3ccccc3)c3c(-c4ccccc4)c4ccccc4c(-c4ccccc4)c23)cc1. The zero-order chi connectivity index (χ0) is 92.8. The summed E-state index contributed by atoms with van der Waals surface area (Å²) in [5.41, 5.74) is 31.8. The van der Waals surface area contributed by atoms with Crippen molar-refractivity contribution in [3.8, 4) is 89.0 Å². The van der Waals surface area contributed by atoms with Gasteiger partial charge < -0.3 is 29.6 Å². The molecule has 0 unspecified atom stereocenters. The predicted molar refractivity (Wildman–Crippen MR) is 572 cm³/mol. The van der Waals surface area contributed by atoms with Gasteiger partial charge >= 0.3 is 5.82 Å². The van der Waals surface area contributed by atoms with E-state index in [1.54, 1.807) is 43.3 Å². The van der Waals surface area contributed by atoms with Gasteiger partial charge in [0.1, 0.15) is 24.7 Å². The van der Waals surface area contributed by atoms with E-state index in [2.05, 4.69) is 345 Å². The fourth-order valence-electron chi connectivity index (χ4n) is 19.0. The quantitative estimate of drug-likeness (QED) is 0.0750. The third-order valence-electron chi connectivity index (χ3n) is 25.2. The number of hydrogen-bond acceptors (Lipinski definition) is 6. The van der Waals surface area contributed by atoms with Crippen LogP contribution in [0.3, 0.4) is 0 Å². The van der Waals surface area contributed by atoms with Crippen molar-refractivity contribution in [3.63, 3.8) is 0 Å². The van der Waals surface area contributed by atoms with Crippen LogP contribution < -0.4 is 15.8 Å². The first kappa shape index (κ1) is 85.2. The molecule has 21 aromatic rings. The molecule has 4 N–H and O–H groups in total. The van der Waals surface area contributed by atoms with Crippen molar-refractivity contribution in [2.24, 2.45) is 0 Å². The average molecular weight is 1760 g/mol. The molecule has 8 heterocycles. The Morgan fingerprint density at radius 2 is 0.562 bits per heavy atom. The Hall–Kier alpha value is -18.6. The molecule has 137 heavy (non-hydrogen) atoms. The molecule has 0 fully saturated rings. The lowest BCUT2D eigenvalue weighted by Crippen LogP contribution is -2.08. The van der Waals surface area contributed by atoms with Crippen molar-refractivity contribution in [3.05, 3.63) is 513 Å². The van der Waals surface area contributed by atoms with Crippen LogP contribution in [0.4, 0.5) is 5.69 Å². The van der Waals surface area contributed by atoms with Gasteiger partial charge in [-0.2, -0.15) is 9.69 Å². The Kier molecular flexibility index (Phi) is 23.4. The molecular weight excluding hydrogens is 1680 g/mol. The molecule has 0 radical (unpaired) electrons. The first-order valence-electron chi connectivity index (χ1n) is 45.5. The highest BCUT2D eigenvalue weighted by Gasteiger charge is 2.28. The van der Waals surface area contributed by atoms with Crippen molar-refractivity contribution >= 4 is 134 Å². The summed E-state index contributed by atoms with van der Waals surface area (Å²) in [6.45, 7) is 15.9. The molecule has 0 atom stereocenters. The molecule has 0 spiro atoms. The van der Waals surface area contributed by atoms with Crippen molar-refractivity contribution in [2.75, 3.05) is 19.0 Å². The van der Waals surface area contributed by atoms with Gasteiger partial charge in [-0.3, -0.25) is 9.59 Å². The Balaban J connectivity index is 0.000000114. The van der Waals surface area contributed by atoms with Crippen molar-refractivity contribution < 1.29 is 4.74 Å². The standard InChI is InChI=1S/C44H30N4.C42H28.C20H12N2O2.C19H17N3O/c1-5-13-29(14-6-1)41-33-21-23-35(45-33)42(30-15-7-2-8-16-30)37-25-27-39(47-37)44(32-19-11-4-12-20-32)40-28-26-38(48-40)43(31-17-9-3-10-18-31)36-24-22-34(41)46-36;1-5-17-29(18-6-1)37-33-25-13-14-26-34(33)39(31-21-9-3-10-22-31)42-40(32-23-11-4-12-24-32)36-28-16-15-27-35(36)38(41(37)42)30-19-7-2-8-20-30;23-19-11-5-1-3-7-15(11)21-17-10-14-18(9-13(17)19)22-16-8-4-2-6-12(16)20(14)24;1-14-12-16(19(20-2)21-3)13-18(23-14)11-8-15-6-9-17(10-7-15)22(4)5/h1-28,45,48H;1-28H;1-10H,(H,21,23)(H,22,24);6-13H,1,4-5H3. The van der Waals surface area contributed by atoms with Gasteiger partial charge in [0.25, 0.3) is 0 Å². The number of ether oxygens (including phenoxy) is 1. The van der Waals surface area contributed by atoms with Gasteiger partial charge in [-0.05, 0) is 227 Å². The highest BCUT2D eigenvalue weighted by atomic mass is 16.5. The number of hydrogen-bond donors (Lipinski definition) is 4. The Bertz CT molecular complexity index is 8120. The molecule has 8 bridgehead atoms. The number of para-hydroxylation sites is 2. The summed E-state index contributed by atoms with van der Waals surface area (Å²) in [7, 11) is 4.00. The molecule has 0 saturated heterocycles. The maximum Gasteiger partial charge on any atom is 0.526 e. The van der Waals surface area contributed by atoms with E-state index in [9.17, 15) is 9.59 Å². The molecule has 650 valence electrons. The summed E-state index contributed by atoms with van der Waals surface area (Å²) in [5, 5.41) is 10.1. The smallest absolute Gasteiger partial charge is 0.462 e. The summed E-state index contributed by atoms with van der Waals surface area (Å²) in [5.74, 6) is 1.32. The second kappa shape index (κ2) is 37.7. The molecule has 0 saturated carbocycles. The highest BCUT2D eigenvalue weighted by molar-refractivity contribution is 6.34. The number of fused-ring (bicyclic) bond motifs is 15. The number of nitrogens with one attached hydrogen (secondary N) is 4. The van der Waals surface area contributed by atoms with Gasteiger partial charge in [-0.15, -0.1) is 0 Å². The van der Waals surface area contributed by atoms with E-state index in [0.29, 0.717) is 49.7 Å². The molecule has 3 aliphatic rings. The summed E-state index contributed by atoms with van der Waals surface area (Å²) in [6, 6.07) is 139. The maximum absolute atomic E-state index is 12.8. The fraction of sp³-hybridized carbons (Fsp3) is 0.0240. The van der Waals surface area contributed by atoms with Crippen LogP contribution in [0.25, 0.3) is 227 Å². The number of aromatic nitrogens is 6. The molecule has 0 aliphatic carbocycles. The minimum atomic E-state index is -0.0322. The first-order chi connectivity index (χ1) is 67.4. The van der Waals surface area contributed by atoms with E-state index in [-0.39, 0.29) is 16.7 Å². The van der Waals surface area contributed by atoms with E-state index in [1.165, 1.54) is 76.8 Å². The van der Waals surface area contributed by atoms with Gasteiger partial charge in [-0.1, -0.05) is 334 Å². The lowest BCUT2D eigenvalue weighted by molar-refractivity contribution is 0.318. The number of H-pyrrole nitrogens is 4. The van der Waals surface area contributed by atoms with Gasteiger partial charge in [0.2, 0.25) is 0 Å². The molecular formula is C125H87N9O3. The monoisotopic (exact) mass is 1760 g/mol. The predicted octanol–water partition coefficient (Wildman–Crippen LogP) is 31.4. The third kappa shape index (κ3) is 16.9. The lowest BCUT2D eigenvalue weighted by atomic mass is 9.77. The van der Waals surface area contributed by atoms with Crippen molar-refractivity contribution in [1.29, 1.82) is 0 Å². The number of pyridine rings is 2. The lowest BCUT2D eigenvalue weighted by Gasteiger charge is -2.25. The van der Waals surface area contributed by atoms with Crippen LogP contribution in [-0.4, -0.2) is 44.0 Å². The van der Waals surface area contributed by atoms with E-state index in [4.69, 9.17) is 27.8 Å². The van der Waals surface area contributed by atoms with Crippen molar-refractivity contribution in [2.45, 2.75) is 6.92 Å². The summed E-state index contributed by atoms with van der Waals surface area (Å²) < 4.78 is 5.63. The molecule has 0 amide bonds. The van der Waals surface area contributed by atoms with E-state index in [0.717, 1.165) is 112 Å². The van der Waals surface area contributed by atoms with E-state index < -0.39 is 0 Å². The Morgan fingerprint density at radius 3 is 0.854 bits per heavy atom. The summed E-state index contributed by atoms with van der Waals surface area (Å²) in [6.07, 6.45) is 15.7. The largest absolute Gasteiger partial charge is 0.526 e. The van der Waals surface area contributed by atoms with Gasteiger partial charge in [0, 0.05) is 96.7 Å². The van der Waals surface area contributed by atoms with Crippen LogP contribution in [0.2, 0.25) is 0 Å². The van der Waals surface area contributed by atoms with Crippen LogP contribution in [0.5, 0.6) is 0 Å². The Labute approximate surface area is 791 Å². The number of anilines is 1. The zero-order valence-electron chi connectivity index (χ0n) is 75.2. The van der Waals surface area contributed by atoms with Crippen LogP contribution >= 0.6 is 0 Å². The topological polar surface area (TPSA) is 144 Å². The van der Waals surface area contributed by atoms with Crippen LogP contribution in [-0.2, 0) is 4.74 Å². The minimum Gasteiger partial charge on any atom is -0.462 e. The molecule has 5 aromatic heterocycles. The average Bonchev–Trinajstić information content (AvgIpc) is 1.46. The minimum absolute atomic E-state index is 0.0322. The molecule has 12 nitrogen and oxygen atoms in total. The van der Waals surface area contributed by atoms with Crippen LogP contribution in [0.15, 0.2) is 451 Å².